The van der Waals surface area contributed by atoms with Crippen molar-refractivity contribution in [2.75, 3.05) is 31.5 Å². The number of piperazine rings is 1. The predicted molar refractivity (Wildman–Crippen MR) is 144 cm³/mol. The summed E-state index contributed by atoms with van der Waals surface area (Å²) in [7, 11) is 0. The standard InChI is InChI=1S/C29H28F3N5OS/c30-29(31,32)25-18-23(24-12-7-17-39-24)34-27-22(19-33-37(25)27)28(38)36-15-13-35(14-16-36)26(20-8-3-1-4-9-20)21-10-5-2-6-11-21/h1-12,17,19,23,25-26,34H,13-16,18H2/p+1/t23-,25+/m1/s1. The summed E-state index contributed by atoms with van der Waals surface area (Å²) in [6, 6.07) is 22.2. The number of aromatic nitrogens is 2. The van der Waals surface area contributed by atoms with Gasteiger partial charge in [0.15, 0.2) is 6.04 Å². The number of alkyl halides is 3. The molecule has 0 unspecified atom stereocenters. The van der Waals surface area contributed by atoms with E-state index in [1.807, 2.05) is 53.9 Å². The number of anilines is 1. The highest BCUT2D eigenvalue weighted by molar-refractivity contribution is 7.10. The summed E-state index contributed by atoms with van der Waals surface area (Å²) in [6.07, 6.45) is -3.36. The number of fused-ring (bicyclic) bond motifs is 1. The van der Waals surface area contributed by atoms with Gasteiger partial charge in [0.2, 0.25) is 0 Å². The van der Waals surface area contributed by atoms with Crippen molar-refractivity contribution < 1.29 is 22.9 Å². The molecular formula is C29H29F3N5OS+. The number of hydrogen-bond donors (Lipinski definition) is 2. The van der Waals surface area contributed by atoms with Crippen molar-refractivity contribution in [1.82, 2.24) is 14.7 Å². The average Bonchev–Trinajstić information content (AvgIpc) is 3.64. The number of thiophene rings is 1. The van der Waals surface area contributed by atoms with Crippen LogP contribution in [0, 0.1) is 0 Å². The van der Waals surface area contributed by atoms with Crippen molar-refractivity contribution in [1.29, 1.82) is 0 Å². The highest BCUT2D eigenvalue weighted by Gasteiger charge is 2.48. The van der Waals surface area contributed by atoms with E-state index in [-0.39, 0.29) is 29.8 Å². The van der Waals surface area contributed by atoms with Crippen LogP contribution in [0.1, 0.15) is 50.9 Å². The molecule has 6 rings (SSSR count). The molecule has 2 aromatic carbocycles. The molecule has 2 aliphatic heterocycles. The van der Waals surface area contributed by atoms with Crippen molar-refractivity contribution in [2.45, 2.75) is 30.7 Å². The van der Waals surface area contributed by atoms with E-state index < -0.39 is 18.3 Å². The molecule has 4 heterocycles. The van der Waals surface area contributed by atoms with Gasteiger partial charge in [-0.1, -0.05) is 66.7 Å². The fourth-order valence-corrected chi connectivity index (χ4v) is 6.60. The summed E-state index contributed by atoms with van der Waals surface area (Å²) in [6.45, 7) is 2.46. The Morgan fingerprint density at radius 1 is 0.974 bits per heavy atom. The second kappa shape index (κ2) is 10.5. The lowest BCUT2D eigenvalue weighted by Crippen LogP contribution is -3.15. The van der Waals surface area contributed by atoms with E-state index in [1.165, 1.54) is 33.6 Å². The maximum absolute atomic E-state index is 14.0. The molecule has 0 radical (unpaired) electrons. The van der Waals surface area contributed by atoms with Crippen LogP contribution in [-0.2, 0) is 0 Å². The minimum absolute atomic E-state index is 0.134. The lowest BCUT2D eigenvalue weighted by molar-refractivity contribution is -0.929. The van der Waals surface area contributed by atoms with Crippen molar-refractivity contribution in [2.24, 2.45) is 0 Å². The van der Waals surface area contributed by atoms with Crippen LogP contribution >= 0.6 is 11.3 Å². The molecule has 6 nitrogen and oxygen atoms in total. The van der Waals surface area contributed by atoms with Crippen LogP contribution in [0.4, 0.5) is 19.0 Å². The number of nitrogens with zero attached hydrogens (tertiary/aromatic N) is 3. The molecule has 0 aliphatic carbocycles. The van der Waals surface area contributed by atoms with Crippen molar-refractivity contribution >= 4 is 23.1 Å². The minimum Gasteiger partial charge on any atom is -0.362 e. The summed E-state index contributed by atoms with van der Waals surface area (Å²) in [5, 5.41) is 9.09. The molecule has 202 valence electrons. The Bertz CT molecular complexity index is 1360. The van der Waals surface area contributed by atoms with Crippen molar-refractivity contribution in [3.63, 3.8) is 0 Å². The second-order valence-electron chi connectivity index (χ2n) is 10.1. The van der Waals surface area contributed by atoms with Gasteiger partial charge in [0.05, 0.1) is 38.4 Å². The molecule has 2 aromatic heterocycles. The topological polar surface area (TPSA) is 54.6 Å². The quantitative estimate of drug-likeness (QED) is 0.376. The van der Waals surface area contributed by atoms with Crippen LogP contribution in [0.5, 0.6) is 0 Å². The number of rotatable bonds is 5. The van der Waals surface area contributed by atoms with E-state index in [1.54, 1.807) is 4.90 Å². The smallest absolute Gasteiger partial charge is 0.362 e. The molecule has 1 fully saturated rings. The number of hydrogen-bond acceptors (Lipinski definition) is 4. The lowest BCUT2D eigenvalue weighted by atomic mass is 9.96. The predicted octanol–water partition coefficient (Wildman–Crippen LogP) is 4.74. The molecular weight excluding hydrogens is 523 g/mol. The zero-order valence-corrected chi connectivity index (χ0v) is 22.0. The molecule has 39 heavy (non-hydrogen) atoms. The van der Waals surface area contributed by atoms with E-state index in [4.69, 9.17) is 0 Å². The van der Waals surface area contributed by atoms with Gasteiger partial charge in [0.25, 0.3) is 5.91 Å². The van der Waals surface area contributed by atoms with E-state index in [0.717, 1.165) is 22.6 Å². The highest BCUT2D eigenvalue weighted by atomic mass is 32.1. The lowest BCUT2D eigenvalue weighted by Gasteiger charge is -2.37. The van der Waals surface area contributed by atoms with Crippen LogP contribution in [0.3, 0.4) is 0 Å². The Kier molecular flexibility index (Phi) is 6.90. The number of nitrogens with one attached hydrogen (secondary N) is 2. The maximum atomic E-state index is 14.0. The van der Waals surface area contributed by atoms with Gasteiger partial charge in [-0.3, -0.25) is 4.79 Å². The van der Waals surface area contributed by atoms with Gasteiger partial charge in [-0.15, -0.1) is 11.3 Å². The molecule has 2 atom stereocenters. The monoisotopic (exact) mass is 552 g/mol. The van der Waals surface area contributed by atoms with Gasteiger partial charge in [0.1, 0.15) is 17.4 Å². The zero-order chi connectivity index (χ0) is 27.0. The molecule has 2 N–H and O–H groups in total. The summed E-state index contributed by atoms with van der Waals surface area (Å²) in [5.41, 5.74) is 2.62. The van der Waals surface area contributed by atoms with Crippen LogP contribution < -0.4 is 10.2 Å². The molecule has 0 saturated carbocycles. The number of carbonyl (C=O) groups excluding carboxylic acids is 1. The Hall–Kier alpha value is -3.63. The van der Waals surface area contributed by atoms with E-state index in [9.17, 15) is 18.0 Å². The van der Waals surface area contributed by atoms with Crippen LogP contribution in [-0.4, -0.2) is 52.9 Å². The van der Waals surface area contributed by atoms with E-state index in [0.29, 0.717) is 13.1 Å². The second-order valence-corrected chi connectivity index (χ2v) is 11.0. The largest absolute Gasteiger partial charge is 0.410 e. The van der Waals surface area contributed by atoms with E-state index in [2.05, 4.69) is 34.7 Å². The molecule has 0 spiro atoms. The number of halogens is 3. The van der Waals surface area contributed by atoms with Crippen LogP contribution in [0.15, 0.2) is 84.4 Å². The van der Waals surface area contributed by atoms with Crippen LogP contribution in [0.2, 0.25) is 0 Å². The van der Waals surface area contributed by atoms with Gasteiger partial charge in [-0.25, -0.2) is 4.68 Å². The maximum Gasteiger partial charge on any atom is 0.410 e. The summed E-state index contributed by atoms with van der Waals surface area (Å²) < 4.78 is 43.0. The van der Waals surface area contributed by atoms with Crippen LogP contribution in [0.25, 0.3) is 0 Å². The normalized spacial score (nSPS) is 20.1. The number of carbonyl (C=O) groups is 1. The highest BCUT2D eigenvalue weighted by Crippen LogP contribution is 2.45. The Morgan fingerprint density at radius 3 is 2.18 bits per heavy atom. The van der Waals surface area contributed by atoms with Gasteiger partial charge in [-0.2, -0.15) is 18.3 Å². The third-order valence-electron chi connectivity index (χ3n) is 7.72. The number of quaternary nitrogens is 1. The third kappa shape index (κ3) is 5.06. The molecule has 1 amide bonds. The third-order valence-corrected chi connectivity index (χ3v) is 8.71. The summed E-state index contributed by atoms with van der Waals surface area (Å²) >= 11 is 1.40. The van der Waals surface area contributed by atoms with Gasteiger partial charge in [0, 0.05) is 22.4 Å². The Labute approximate surface area is 228 Å². The Balaban J connectivity index is 1.22. The number of benzene rings is 2. The molecule has 4 aromatic rings. The fraction of sp³-hybridized carbons (Fsp3) is 0.310. The molecule has 0 bridgehead atoms. The first-order valence-corrected chi connectivity index (χ1v) is 14.0. The molecule has 2 aliphatic rings. The van der Waals surface area contributed by atoms with E-state index >= 15 is 0 Å². The van der Waals surface area contributed by atoms with Crippen molar-refractivity contribution in [3.8, 4) is 0 Å². The summed E-state index contributed by atoms with van der Waals surface area (Å²) in [5.74, 6) is -0.139. The first-order valence-electron chi connectivity index (χ1n) is 13.1. The number of amides is 1. The van der Waals surface area contributed by atoms with Gasteiger partial charge < -0.3 is 15.1 Å². The first-order chi connectivity index (χ1) is 18.9. The minimum atomic E-state index is -4.47. The van der Waals surface area contributed by atoms with Gasteiger partial charge >= 0.3 is 6.18 Å². The van der Waals surface area contributed by atoms with Gasteiger partial charge in [-0.05, 0) is 11.4 Å². The Morgan fingerprint density at radius 2 is 1.62 bits per heavy atom. The summed E-state index contributed by atoms with van der Waals surface area (Å²) in [4.78, 5) is 17.5. The van der Waals surface area contributed by atoms with Crippen molar-refractivity contribution in [3.05, 3.63) is 106 Å². The average molecular weight is 553 g/mol. The zero-order valence-electron chi connectivity index (χ0n) is 21.1. The fourth-order valence-electron chi connectivity index (χ4n) is 5.81. The molecule has 1 saturated heterocycles. The SMILES string of the molecule is O=C(c1cnn2c1N[C@@H](c1cccs1)C[C@H]2C(F)(F)F)N1CC[NH+](C(c2ccccc2)c2ccccc2)CC1. The molecule has 10 heteroatoms. The first kappa shape index (κ1) is 25.6.